The maximum Gasteiger partial charge on any atom is 0.124 e. The van der Waals surface area contributed by atoms with Crippen LogP contribution in [0.2, 0.25) is 5.02 Å². The Morgan fingerprint density at radius 1 is 1.07 bits per heavy atom. The molecule has 0 atom stereocenters. The topological polar surface area (TPSA) is 33.3 Å². The minimum Gasteiger partial charge on any atom is -0.488 e. The summed E-state index contributed by atoms with van der Waals surface area (Å²) in [4.78, 5) is 0. The summed E-state index contributed by atoms with van der Waals surface area (Å²) in [6.07, 6.45) is 2.43. The fraction of sp³-hybridized carbons (Fsp3) is 0.333. The van der Waals surface area contributed by atoms with Crippen molar-refractivity contribution >= 4 is 22.4 Å². The van der Waals surface area contributed by atoms with E-state index in [4.69, 9.17) is 16.3 Å². The van der Waals surface area contributed by atoms with Crippen LogP contribution in [0.25, 0.3) is 10.8 Å². The lowest BCUT2D eigenvalue weighted by Gasteiger charge is -2.23. The van der Waals surface area contributed by atoms with Gasteiger partial charge in [-0.3, -0.25) is 0 Å². The lowest BCUT2D eigenvalue weighted by molar-refractivity contribution is 0.301. The Hall–Kier alpha value is -2.14. The predicted octanol–water partition coefficient (Wildman–Crippen LogP) is 5.30. The average Bonchev–Trinajstić information content (AvgIpc) is 2.74. The number of fused-ring (bicyclic) bond motifs is 1. The number of hydrogen-bond donors (Lipinski definition) is 2. The summed E-state index contributed by atoms with van der Waals surface area (Å²) in [5, 5.41) is 9.82. The van der Waals surface area contributed by atoms with Gasteiger partial charge in [0, 0.05) is 17.7 Å². The lowest BCUT2D eigenvalue weighted by Crippen LogP contribution is -2.33. The molecule has 0 aromatic heterocycles. The van der Waals surface area contributed by atoms with Crippen LogP contribution in [-0.2, 0) is 13.2 Å². The van der Waals surface area contributed by atoms with Crippen LogP contribution in [0.5, 0.6) is 5.75 Å². The summed E-state index contributed by atoms with van der Waals surface area (Å²) in [6, 6.07) is 16.9. The van der Waals surface area contributed by atoms with Crippen LogP contribution in [0.3, 0.4) is 0 Å². The smallest absolute Gasteiger partial charge is 0.124 e. The maximum atomic E-state index is 13.3. The Morgan fingerprint density at radius 3 is 2.72 bits per heavy atom. The van der Waals surface area contributed by atoms with Gasteiger partial charge in [0.2, 0.25) is 0 Å². The van der Waals surface area contributed by atoms with E-state index in [1.54, 1.807) is 6.07 Å². The first-order valence-electron chi connectivity index (χ1n) is 10.2. The second-order valence-corrected chi connectivity index (χ2v) is 8.02. The molecule has 2 N–H and O–H groups in total. The van der Waals surface area contributed by atoms with Crippen LogP contribution in [-0.4, -0.2) is 19.6 Å². The number of rotatable bonds is 7. The number of piperidine rings is 1. The van der Waals surface area contributed by atoms with Gasteiger partial charge in [-0.15, -0.1) is 0 Å². The third-order valence-corrected chi connectivity index (χ3v) is 5.94. The molecule has 0 bridgehead atoms. The molecule has 0 spiro atoms. The second kappa shape index (κ2) is 9.57. The molecule has 152 valence electrons. The Morgan fingerprint density at radius 2 is 1.90 bits per heavy atom. The fourth-order valence-electron chi connectivity index (χ4n) is 3.91. The maximum absolute atomic E-state index is 13.3. The van der Waals surface area contributed by atoms with Crippen molar-refractivity contribution in [2.45, 2.75) is 26.0 Å². The zero-order valence-electron chi connectivity index (χ0n) is 16.4. The van der Waals surface area contributed by atoms with E-state index in [-0.39, 0.29) is 5.82 Å². The fourth-order valence-corrected chi connectivity index (χ4v) is 4.14. The standard InChI is InChI=1S/C24H26ClFN2O/c25-23-13-20(26)7-5-19(23)16-29-24-8-6-18-3-1-2-4-21(18)22(24)15-28-14-17-9-11-27-12-10-17/h1-8,13,17,27-28H,9-12,14-16H2. The highest BCUT2D eigenvalue weighted by molar-refractivity contribution is 6.31. The van der Waals surface area contributed by atoms with Crippen LogP contribution in [0.1, 0.15) is 24.0 Å². The van der Waals surface area contributed by atoms with Gasteiger partial charge in [-0.2, -0.15) is 0 Å². The van der Waals surface area contributed by atoms with E-state index in [1.165, 1.54) is 35.7 Å². The minimum atomic E-state index is -0.341. The van der Waals surface area contributed by atoms with E-state index >= 15 is 0 Å². The van der Waals surface area contributed by atoms with Gasteiger partial charge in [-0.1, -0.05) is 48.0 Å². The van der Waals surface area contributed by atoms with E-state index in [0.29, 0.717) is 17.5 Å². The largest absolute Gasteiger partial charge is 0.488 e. The quantitative estimate of drug-likeness (QED) is 0.552. The first kappa shape index (κ1) is 20.1. The highest BCUT2D eigenvalue weighted by Crippen LogP contribution is 2.29. The average molecular weight is 413 g/mol. The van der Waals surface area contributed by atoms with Crippen LogP contribution in [0.4, 0.5) is 4.39 Å². The van der Waals surface area contributed by atoms with Gasteiger partial charge < -0.3 is 15.4 Å². The molecule has 5 heteroatoms. The first-order chi connectivity index (χ1) is 14.2. The zero-order chi connectivity index (χ0) is 20.1. The molecule has 3 nitrogen and oxygen atoms in total. The van der Waals surface area contributed by atoms with Crippen molar-refractivity contribution in [1.82, 2.24) is 10.6 Å². The van der Waals surface area contributed by atoms with Gasteiger partial charge in [-0.05, 0) is 67.4 Å². The van der Waals surface area contributed by atoms with Crippen molar-refractivity contribution in [1.29, 1.82) is 0 Å². The van der Waals surface area contributed by atoms with Crippen LogP contribution in [0, 0.1) is 11.7 Å². The van der Waals surface area contributed by atoms with Crippen LogP contribution >= 0.6 is 11.6 Å². The Balaban J connectivity index is 1.51. The van der Waals surface area contributed by atoms with Gasteiger partial charge in [0.1, 0.15) is 18.2 Å². The van der Waals surface area contributed by atoms with Crippen molar-refractivity contribution in [3.8, 4) is 5.75 Å². The molecule has 0 radical (unpaired) electrons. The van der Waals surface area contributed by atoms with Crippen molar-refractivity contribution in [2.75, 3.05) is 19.6 Å². The summed E-state index contributed by atoms with van der Waals surface area (Å²) in [7, 11) is 0. The van der Waals surface area contributed by atoms with Gasteiger partial charge >= 0.3 is 0 Å². The Kier molecular flexibility index (Phi) is 6.65. The molecule has 0 saturated carbocycles. The summed E-state index contributed by atoms with van der Waals surface area (Å²) < 4.78 is 19.4. The minimum absolute atomic E-state index is 0.304. The zero-order valence-corrected chi connectivity index (χ0v) is 17.1. The van der Waals surface area contributed by atoms with E-state index in [9.17, 15) is 4.39 Å². The molecule has 3 aromatic rings. The van der Waals surface area contributed by atoms with E-state index in [1.807, 2.05) is 12.1 Å². The molecule has 0 aliphatic carbocycles. The molecule has 1 aliphatic heterocycles. The molecule has 0 amide bonds. The van der Waals surface area contributed by atoms with Gasteiger partial charge in [0.05, 0.1) is 5.02 Å². The molecule has 29 heavy (non-hydrogen) atoms. The van der Waals surface area contributed by atoms with Gasteiger partial charge in [0.15, 0.2) is 0 Å². The third kappa shape index (κ3) is 5.08. The first-order valence-corrected chi connectivity index (χ1v) is 10.6. The molecule has 1 fully saturated rings. The molecular formula is C24H26ClFN2O. The third-order valence-electron chi connectivity index (χ3n) is 5.59. The molecular weight excluding hydrogens is 387 g/mol. The number of halogens is 2. The normalized spacial score (nSPS) is 15.0. The van der Waals surface area contributed by atoms with E-state index < -0.39 is 0 Å². The molecule has 1 aliphatic rings. The SMILES string of the molecule is Fc1ccc(COc2ccc3ccccc3c2CNCC2CCNCC2)c(Cl)c1. The van der Waals surface area contributed by atoms with E-state index in [2.05, 4.69) is 34.9 Å². The Labute approximate surface area is 176 Å². The predicted molar refractivity (Wildman–Crippen MR) is 117 cm³/mol. The molecule has 1 heterocycles. The number of benzene rings is 3. The second-order valence-electron chi connectivity index (χ2n) is 7.61. The number of hydrogen-bond acceptors (Lipinski definition) is 3. The molecule has 4 rings (SSSR count). The van der Waals surface area contributed by atoms with Crippen LogP contribution < -0.4 is 15.4 Å². The van der Waals surface area contributed by atoms with Crippen LogP contribution in [0.15, 0.2) is 54.6 Å². The number of nitrogens with one attached hydrogen (secondary N) is 2. The molecule has 1 saturated heterocycles. The van der Waals surface area contributed by atoms with Crippen molar-refractivity contribution in [3.05, 3.63) is 76.6 Å². The highest BCUT2D eigenvalue weighted by atomic mass is 35.5. The van der Waals surface area contributed by atoms with Crippen molar-refractivity contribution < 1.29 is 9.13 Å². The summed E-state index contributed by atoms with van der Waals surface area (Å²) in [5.41, 5.74) is 1.92. The summed E-state index contributed by atoms with van der Waals surface area (Å²) in [6.45, 7) is 4.27. The van der Waals surface area contributed by atoms with E-state index in [0.717, 1.165) is 43.1 Å². The monoisotopic (exact) mass is 412 g/mol. The van der Waals surface area contributed by atoms with Crippen molar-refractivity contribution in [2.24, 2.45) is 5.92 Å². The molecule has 0 unspecified atom stereocenters. The number of ether oxygens (including phenoxy) is 1. The van der Waals surface area contributed by atoms with Crippen molar-refractivity contribution in [3.63, 3.8) is 0 Å². The summed E-state index contributed by atoms with van der Waals surface area (Å²) in [5.74, 6) is 1.21. The van der Waals surface area contributed by atoms with Gasteiger partial charge in [-0.25, -0.2) is 4.39 Å². The lowest BCUT2D eigenvalue weighted by atomic mass is 9.98. The summed E-state index contributed by atoms with van der Waals surface area (Å²) >= 11 is 6.16. The highest BCUT2D eigenvalue weighted by Gasteiger charge is 2.14. The van der Waals surface area contributed by atoms with Gasteiger partial charge in [0.25, 0.3) is 0 Å². The Bertz CT molecular complexity index is 972. The molecule has 3 aromatic carbocycles.